The fourth-order valence-corrected chi connectivity index (χ4v) is 3.62. The number of nitrogens with zero attached hydrogens (tertiary/aromatic N) is 1. The second-order valence-electron chi connectivity index (χ2n) is 7.44. The van der Waals surface area contributed by atoms with E-state index in [0.29, 0.717) is 19.6 Å². The Kier molecular flexibility index (Phi) is 7.54. The molecule has 0 bridgehead atoms. The van der Waals surface area contributed by atoms with Crippen molar-refractivity contribution in [1.82, 2.24) is 10.2 Å². The Labute approximate surface area is 187 Å². The van der Waals surface area contributed by atoms with Crippen LogP contribution < -0.4 is 5.32 Å². The second-order valence-corrected chi connectivity index (χ2v) is 8.35. The van der Waals surface area contributed by atoms with Crippen LogP contribution in [0.1, 0.15) is 34.3 Å². The fourth-order valence-electron chi connectivity index (χ4n) is 3.35. The van der Waals surface area contributed by atoms with E-state index in [1.165, 1.54) is 12.1 Å². The summed E-state index contributed by atoms with van der Waals surface area (Å²) in [5, 5.41) is 2.78. The van der Waals surface area contributed by atoms with Crippen molar-refractivity contribution in [2.24, 2.45) is 5.92 Å². The Morgan fingerprint density at radius 2 is 1.65 bits per heavy atom. The molecule has 0 spiro atoms. The molecule has 31 heavy (non-hydrogen) atoms. The highest BCUT2D eigenvalue weighted by Gasteiger charge is 2.30. The predicted molar refractivity (Wildman–Crippen MR) is 116 cm³/mol. The molecule has 0 atom stereocenters. The number of carbonyl (C=O) groups is 2. The highest BCUT2D eigenvalue weighted by atomic mass is 79.9. The molecule has 0 aliphatic carbocycles. The van der Waals surface area contributed by atoms with Gasteiger partial charge in [-0.15, -0.1) is 0 Å². The van der Waals surface area contributed by atoms with Gasteiger partial charge in [0, 0.05) is 35.7 Å². The molecule has 0 unspecified atom stereocenters. The van der Waals surface area contributed by atoms with Crippen molar-refractivity contribution in [1.29, 1.82) is 0 Å². The van der Waals surface area contributed by atoms with Gasteiger partial charge in [0.2, 0.25) is 5.91 Å². The Morgan fingerprint density at radius 1 is 1.03 bits per heavy atom. The molecule has 0 radical (unpaired) electrons. The first-order chi connectivity index (χ1) is 14.7. The normalized spacial score (nSPS) is 15.3. The highest BCUT2D eigenvalue weighted by molar-refractivity contribution is 9.10. The number of halogens is 4. The molecule has 164 valence electrons. The standard InChI is InChI=1S/C23H22BrF3N2O2/c24-20-8-1-16(2-9-20)3-10-21(30)29-13-11-17(12-14-29)15-28-22(31)18-4-6-19(7-5-18)23(25,26)27/h1-10,17H,11-15H2,(H,28,31). The van der Waals surface area contributed by atoms with Gasteiger partial charge in [0.1, 0.15) is 0 Å². The maximum atomic E-state index is 12.6. The van der Waals surface area contributed by atoms with Gasteiger partial charge in [0.15, 0.2) is 0 Å². The van der Waals surface area contributed by atoms with Crippen molar-refractivity contribution in [3.8, 4) is 0 Å². The van der Waals surface area contributed by atoms with Gasteiger partial charge in [0.05, 0.1) is 5.56 Å². The quantitative estimate of drug-likeness (QED) is 0.584. The third-order valence-corrected chi connectivity index (χ3v) is 5.77. The van der Waals surface area contributed by atoms with Gasteiger partial charge in [-0.2, -0.15) is 13.2 Å². The molecule has 2 amide bonds. The summed E-state index contributed by atoms with van der Waals surface area (Å²) in [4.78, 5) is 26.3. The maximum Gasteiger partial charge on any atom is 0.416 e. The Morgan fingerprint density at radius 3 is 2.23 bits per heavy atom. The predicted octanol–water partition coefficient (Wildman–Crippen LogP) is 5.15. The first-order valence-electron chi connectivity index (χ1n) is 9.90. The lowest BCUT2D eigenvalue weighted by Crippen LogP contribution is -2.41. The smallest absolute Gasteiger partial charge is 0.352 e. The van der Waals surface area contributed by atoms with Gasteiger partial charge >= 0.3 is 6.18 Å². The molecule has 8 heteroatoms. The van der Waals surface area contributed by atoms with Gasteiger partial charge < -0.3 is 10.2 Å². The maximum absolute atomic E-state index is 12.6. The van der Waals surface area contributed by atoms with E-state index in [2.05, 4.69) is 21.2 Å². The zero-order chi connectivity index (χ0) is 22.4. The number of hydrogen-bond acceptors (Lipinski definition) is 2. The summed E-state index contributed by atoms with van der Waals surface area (Å²) in [5.74, 6) is -0.224. The molecular formula is C23H22BrF3N2O2. The molecule has 1 N–H and O–H groups in total. The zero-order valence-corrected chi connectivity index (χ0v) is 18.2. The number of benzene rings is 2. The third kappa shape index (κ3) is 6.69. The van der Waals surface area contributed by atoms with E-state index in [4.69, 9.17) is 0 Å². The molecule has 1 saturated heterocycles. The molecule has 2 aromatic carbocycles. The zero-order valence-electron chi connectivity index (χ0n) is 16.7. The van der Waals surface area contributed by atoms with Crippen LogP contribution in [-0.4, -0.2) is 36.3 Å². The van der Waals surface area contributed by atoms with Crippen molar-refractivity contribution in [3.63, 3.8) is 0 Å². The van der Waals surface area contributed by atoms with Gasteiger partial charge in [-0.25, -0.2) is 0 Å². The number of rotatable bonds is 5. The van der Waals surface area contributed by atoms with Crippen LogP contribution in [0.2, 0.25) is 0 Å². The van der Waals surface area contributed by atoms with Crippen LogP contribution in [0.15, 0.2) is 59.1 Å². The summed E-state index contributed by atoms with van der Waals surface area (Å²) in [5.41, 5.74) is 0.353. The molecule has 1 fully saturated rings. The van der Waals surface area contributed by atoms with Crippen LogP contribution in [0.25, 0.3) is 6.08 Å². The van der Waals surface area contributed by atoms with E-state index >= 15 is 0 Å². The molecular weight excluding hydrogens is 473 g/mol. The molecule has 0 aromatic heterocycles. The van der Waals surface area contributed by atoms with Crippen LogP contribution in [0.5, 0.6) is 0 Å². The number of carbonyl (C=O) groups excluding carboxylic acids is 2. The molecule has 1 aliphatic rings. The van der Waals surface area contributed by atoms with E-state index < -0.39 is 17.6 Å². The van der Waals surface area contributed by atoms with Crippen LogP contribution >= 0.6 is 15.9 Å². The molecule has 2 aromatic rings. The molecule has 1 aliphatic heterocycles. The number of hydrogen-bond donors (Lipinski definition) is 1. The second kappa shape index (κ2) is 10.1. The lowest BCUT2D eigenvalue weighted by molar-refractivity contribution is -0.137. The number of likely N-dealkylation sites (tertiary alicyclic amines) is 1. The number of amides is 2. The summed E-state index contributed by atoms with van der Waals surface area (Å²) >= 11 is 3.37. The first-order valence-corrected chi connectivity index (χ1v) is 10.7. The summed E-state index contributed by atoms with van der Waals surface area (Å²) in [6.45, 7) is 1.63. The average Bonchev–Trinajstić information content (AvgIpc) is 2.76. The van der Waals surface area contributed by atoms with Crippen molar-refractivity contribution < 1.29 is 22.8 Å². The minimum atomic E-state index is -4.42. The first kappa shape index (κ1) is 23.1. The van der Waals surface area contributed by atoms with E-state index in [-0.39, 0.29) is 17.4 Å². The van der Waals surface area contributed by atoms with Crippen molar-refractivity contribution >= 4 is 33.8 Å². The lowest BCUT2D eigenvalue weighted by atomic mass is 9.96. The van der Waals surface area contributed by atoms with E-state index in [1.54, 1.807) is 17.1 Å². The lowest BCUT2D eigenvalue weighted by Gasteiger charge is -2.31. The third-order valence-electron chi connectivity index (χ3n) is 5.24. The van der Waals surface area contributed by atoms with Crippen LogP contribution in [-0.2, 0) is 11.0 Å². The number of piperidine rings is 1. The Hall–Kier alpha value is -2.61. The fraction of sp³-hybridized carbons (Fsp3) is 0.304. The van der Waals surface area contributed by atoms with Crippen molar-refractivity contribution in [2.75, 3.05) is 19.6 Å². The molecule has 0 saturated carbocycles. The summed E-state index contributed by atoms with van der Waals surface area (Å²) in [6.07, 6.45) is 0.436. The highest BCUT2D eigenvalue weighted by Crippen LogP contribution is 2.29. The van der Waals surface area contributed by atoms with E-state index in [1.807, 2.05) is 24.3 Å². The minimum absolute atomic E-state index is 0.0461. The van der Waals surface area contributed by atoms with Crippen LogP contribution in [0.4, 0.5) is 13.2 Å². The average molecular weight is 495 g/mol. The summed E-state index contributed by atoms with van der Waals surface area (Å²) in [6, 6.07) is 11.8. The van der Waals surface area contributed by atoms with Gasteiger partial charge in [-0.3, -0.25) is 9.59 Å². The van der Waals surface area contributed by atoms with Gasteiger partial charge in [0.25, 0.3) is 5.91 Å². The van der Waals surface area contributed by atoms with Crippen molar-refractivity contribution in [3.05, 3.63) is 75.8 Å². The Balaban J connectivity index is 1.43. The SMILES string of the molecule is O=C(NCC1CCN(C(=O)C=Cc2ccc(Br)cc2)CC1)c1ccc(C(F)(F)F)cc1. The van der Waals surface area contributed by atoms with Gasteiger partial charge in [-0.1, -0.05) is 28.1 Å². The van der Waals surface area contributed by atoms with Gasteiger partial charge in [-0.05, 0) is 66.8 Å². The molecule has 4 nitrogen and oxygen atoms in total. The van der Waals surface area contributed by atoms with E-state index in [0.717, 1.165) is 35.0 Å². The summed E-state index contributed by atoms with van der Waals surface area (Å²) < 4.78 is 38.8. The summed E-state index contributed by atoms with van der Waals surface area (Å²) in [7, 11) is 0. The monoisotopic (exact) mass is 494 g/mol. The number of alkyl halides is 3. The van der Waals surface area contributed by atoms with E-state index in [9.17, 15) is 22.8 Å². The largest absolute Gasteiger partial charge is 0.416 e. The van der Waals surface area contributed by atoms with Crippen LogP contribution in [0.3, 0.4) is 0 Å². The van der Waals surface area contributed by atoms with Crippen molar-refractivity contribution in [2.45, 2.75) is 19.0 Å². The molecule has 1 heterocycles. The van der Waals surface area contributed by atoms with Crippen LogP contribution in [0, 0.1) is 5.92 Å². The Bertz CT molecular complexity index is 933. The minimum Gasteiger partial charge on any atom is -0.352 e. The topological polar surface area (TPSA) is 49.4 Å². The molecule has 3 rings (SSSR count). The number of nitrogens with one attached hydrogen (secondary N) is 1.